The molecule has 1 heterocycles. The first-order chi connectivity index (χ1) is 7.66. The third-order valence-corrected chi connectivity index (χ3v) is 2.62. The smallest absolute Gasteiger partial charge is 0.250 e. The summed E-state index contributed by atoms with van der Waals surface area (Å²) in [4.78, 5) is 11.4. The van der Waals surface area contributed by atoms with Crippen molar-refractivity contribution in [1.29, 1.82) is 0 Å². The van der Waals surface area contributed by atoms with E-state index in [9.17, 15) is 9.18 Å². The average Bonchev–Trinajstić information content (AvgIpc) is 2.27. The first-order valence-electron chi connectivity index (χ1n) is 4.76. The lowest BCUT2D eigenvalue weighted by Crippen LogP contribution is -2.18. The Bertz CT molecular complexity index is 565. The highest BCUT2D eigenvalue weighted by Crippen LogP contribution is 2.17. The molecular weight excluding hydrogens is 229 g/mol. The number of pyridine rings is 1. The monoisotopic (exact) mass is 237 g/mol. The van der Waals surface area contributed by atoms with Crippen molar-refractivity contribution >= 4 is 11.6 Å². The molecule has 0 bridgehead atoms. The molecule has 1 aromatic heterocycles. The fourth-order valence-corrected chi connectivity index (χ4v) is 1.62. The van der Waals surface area contributed by atoms with Crippen molar-refractivity contribution in [3.63, 3.8) is 0 Å². The highest BCUT2D eigenvalue weighted by atomic mass is 35.5. The first-order valence-corrected chi connectivity index (χ1v) is 5.14. The number of aromatic nitrogens is 1. The lowest BCUT2D eigenvalue weighted by atomic mass is 10.2. The molecule has 2 rings (SSSR count). The van der Waals surface area contributed by atoms with Crippen LogP contribution in [-0.2, 0) is 6.54 Å². The third-order valence-electron chi connectivity index (χ3n) is 2.25. The number of benzene rings is 1. The van der Waals surface area contributed by atoms with Gasteiger partial charge in [-0.3, -0.25) is 4.79 Å². The molecular formula is C12H9ClFNO. The molecule has 82 valence electrons. The van der Waals surface area contributed by atoms with E-state index in [0.29, 0.717) is 10.6 Å². The summed E-state index contributed by atoms with van der Waals surface area (Å²) in [6, 6.07) is 8.97. The second kappa shape index (κ2) is 4.49. The van der Waals surface area contributed by atoms with Crippen LogP contribution < -0.4 is 5.56 Å². The Morgan fingerprint density at radius 3 is 2.81 bits per heavy atom. The van der Waals surface area contributed by atoms with Gasteiger partial charge >= 0.3 is 0 Å². The zero-order valence-corrected chi connectivity index (χ0v) is 9.12. The van der Waals surface area contributed by atoms with Gasteiger partial charge in [0.05, 0.1) is 6.54 Å². The number of nitrogens with zero attached hydrogens (tertiary/aromatic N) is 1. The molecule has 0 unspecified atom stereocenters. The molecule has 0 aliphatic heterocycles. The Morgan fingerprint density at radius 1 is 1.25 bits per heavy atom. The van der Waals surface area contributed by atoms with Gasteiger partial charge in [-0.1, -0.05) is 17.7 Å². The van der Waals surface area contributed by atoms with Crippen LogP contribution in [0.4, 0.5) is 4.39 Å². The van der Waals surface area contributed by atoms with Gasteiger partial charge in [0.15, 0.2) is 0 Å². The molecule has 16 heavy (non-hydrogen) atoms. The van der Waals surface area contributed by atoms with Crippen LogP contribution in [0.25, 0.3) is 0 Å². The predicted octanol–water partition coefficient (Wildman–Crippen LogP) is 2.69. The Balaban J connectivity index is 2.38. The minimum absolute atomic E-state index is 0.136. The molecule has 0 fully saturated rings. The summed E-state index contributed by atoms with van der Waals surface area (Å²) in [5.74, 6) is -0.358. The van der Waals surface area contributed by atoms with E-state index in [1.54, 1.807) is 18.3 Å². The van der Waals surface area contributed by atoms with Crippen molar-refractivity contribution in [2.45, 2.75) is 6.54 Å². The van der Waals surface area contributed by atoms with Crippen molar-refractivity contribution in [3.05, 3.63) is 69.4 Å². The van der Waals surface area contributed by atoms with Gasteiger partial charge in [-0.15, -0.1) is 0 Å². The molecule has 0 N–H and O–H groups in total. The van der Waals surface area contributed by atoms with Crippen LogP contribution in [0.15, 0.2) is 47.4 Å². The minimum Gasteiger partial charge on any atom is -0.311 e. The van der Waals surface area contributed by atoms with Crippen LogP contribution in [0, 0.1) is 5.82 Å². The van der Waals surface area contributed by atoms with Gasteiger partial charge in [-0.05, 0) is 29.8 Å². The molecule has 2 aromatic rings. The van der Waals surface area contributed by atoms with E-state index in [2.05, 4.69) is 0 Å². The van der Waals surface area contributed by atoms with E-state index in [1.165, 1.54) is 28.8 Å². The van der Waals surface area contributed by atoms with Gasteiger partial charge in [0.1, 0.15) is 5.82 Å². The molecule has 0 aliphatic rings. The molecule has 2 nitrogen and oxygen atoms in total. The lowest BCUT2D eigenvalue weighted by molar-refractivity contribution is 0.623. The SMILES string of the molecule is O=c1ccccn1Cc1cc(F)ccc1Cl. The first kappa shape index (κ1) is 10.9. The molecule has 4 heteroatoms. The molecule has 0 saturated heterocycles. The fourth-order valence-electron chi connectivity index (χ4n) is 1.44. The summed E-state index contributed by atoms with van der Waals surface area (Å²) in [7, 11) is 0. The Labute approximate surface area is 96.9 Å². The Kier molecular flexibility index (Phi) is 3.06. The number of halogens is 2. The van der Waals surface area contributed by atoms with Gasteiger partial charge in [0, 0.05) is 17.3 Å². The zero-order chi connectivity index (χ0) is 11.5. The van der Waals surface area contributed by atoms with E-state index < -0.39 is 0 Å². The molecule has 0 aliphatic carbocycles. The van der Waals surface area contributed by atoms with Crippen LogP contribution in [0.5, 0.6) is 0 Å². The van der Waals surface area contributed by atoms with Crippen LogP contribution >= 0.6 is 11.6 Å². The summed E-state index contributed by atoms with van der Waals surface area (Å²) in [6.45, 7) is 0.274. The van der Waals surface area contributed by atoms with E-state index in [1.807, 2.05) is 0 Å². The molecule has 0 spiro atoms. The molecule has 0 atom stereocenters. The van der Waals surface area contributed by atoms with Crippen LogP contribution in [-0.4, -0.2) is 4.57 Å². The minimum atomic E-state index is -0.358. The van der Waals surface area contributed by atoms with Crippen LogP contribution in [0.3, 0.4) is 0 Å². The van der Waals surface area contributed by atoms with Crippen LogP contribution in [0.1, 0.15) is 5.56 Å². The highest BCUT2D eigenvalue weighted by Gasteiger charge is 2.03. The highest BCUT2D eigenvalue weighted by molar-refractivity contribution is 6.31. The predicted molar refractivity (Wildman–Crippen MR) is 61.2 cm³/mol. The number of hydrogen-bond acceptors (Lipinski definition) is 1. The maximum atomic E-state index is 13.0. The Morgan fingerprint density at radius 2 is 2.06 bits per heavy atom. The van der Waals surface area contributed by atoms with E-state index in [-0.39, 0.29) is 17.9 Å². The molecule has 0 saturated carbocycles. The summed E-state index contributed by atoms with van der Waals surface area (Å²) in [5.41, 5.74) is 0.456. The zero-order valence-electron chi connectivity index (χ0n) is 8.36. The summed E-state index contributed by atoms with van der Waals surface area (Å²) < 4.78 is 14.5. The van der Waals surface area contributed by atoms with Crippen molar-refractivity contribution in [1.82, 2.24) is 4.57 Å². The maximum Gasteiger partial charge on any atom is 0.250 e. The Hall–Kier alpha value is -1.61. The quantitative estimate of drug-likeness (QED) is 0.787. The van der Waals surface area contributed by atoms with Crippen molar-refractivity contribution in [2.24, 2.45) is 0 Å². The van der Waals surface area contributed by atoms with Gasteiger partial charge < -0.3 is 4.57 Å². The summed E-state index contributed by atoms with van der Waals surface area (Å²) in [6.07, 6.45) is 1.64. The second-order valence-electron chi connectivity index (χ2n) is 3.40. The molecule has 1 aromatic carbocycles. The largest absolute Gasteiger partial charge is 0.311 e. The molecule has 0 radical (unpaired) electrons. The summed E-state index contributed by atoms with van der Waals surface area (Å²) >= 11 is 5.92. The van der Waals surface area contributed by atoms with E-state index in [0.717, 1.165) is 0 Å². The average molecular weight is 238 g/mol. The number of hydrogen-bond donors (Lipinski definition) is 0. The van der Waals surface area contributed by atoms with E-state index >= 15 is 0 Å². The van der Waals surface area contributed by atoms with Crippen molar-refractivity contribution < 1.29 is 4.39 Å². The maximum absolute atomic E-state index is 13.0. The summed E-state index contributed by atoms with van der Waals surface area (Å²) in [5, 5.41) is 0.456. The lowest BCUT2D eigenvalue weighted by Gasteiger charge is -2.07. The second-order valence-corrected chi connectivity index (χ2v) is 3.81. The third kappa shape index (κ3) is 2.31. The normalized spacial score (nSPS) is 10.4. The van der Waals surface area contributed by atoms with Crippen LogP contribution in [0.2, 0.25) is 5.02 Å². The van der Waals surface area contributed by atoms with Gasteiger partial charge in [-0.25, -0.2) is 4.39 Å². The van der Waals surface area contributed by atoms with Gasteiger partial charge in [0.25, 0.3) is 5.56 Å². The van der Waals surface area contributed by atoms with Crippen molar-refractivity contribution in [2.75, 3.05) is 0 Å². The number of rotatable bonds is 2. The van der Waals surface area contributed by atoms with Gasteiger partial charge in [0.2, 0.25) is 0 Å². The topological polar surface area (TPSA) is 22.0 Å². The fraction of sp³-hybridized carbons (Fsp3) is 0.0833. The standard InChI is InChI=1S/C12H9ClFNO/c13-11-5-4-10(14)7-9(11)8-15-6-2-1-3-12(15)16/h1-7H,8H2. The van der Waals surface area contributed by atoms with E-state index in [4.69, 9.17) is 11.6 Å². The van der Waals surface area contributed by atoms with Gasteiger partial charge in [-0.2, -0.15) is 0 Å². The van der Waals surface area contributed by atoms with Crippen molar-refractivity contribution in [3.8, 4) is 0 Å². The molecule has 0 amide bonds.